The van der Waals surface area contributed by atoms with Crippen molar-refractivity contribution in [2.75, 3.05) is 5.75 Å². The molecule has 2 aromatic carbocycles. The second-order valence-electron chi connectivity index (χ2n) is 8.48. The molecule has 0 radical (unpaired) electrons. The van der Waals surface area contributed by atoms with Crippen LogP contribution in [0.25, 0.3) is 11.4 Å². The maximum absolute atomic E-state index is 12.5. The third-order valence-corrected chi connectivity index (χ3v) is 7.41. The van der Waals surface area contributed by atoms with Gasteiger partial charge in [0.2, 0.25) is 0 Å². The lowest BCUT2D eigenvalue weighted by molar-refractivity contribution is -0.118. The molecule has 1 aromatic heterocycles. The van der Waals surface area contributed by atoms with Gasteiger partial charge >= 0.3 is 0 Å². The Morgan fingerprint density at radius 1 is 1.12 bits per heavy atom. The fraction of sp³-hybridized carbons (Fsp3) is 0.360. The van der Waals surface area contributed by atoms with Crippen LogP contribution in [0.4, 0.5) is 0 Å². The second kappa shape index (κ2) is 11.4. The van der Waals surface area contributed by atoms with Crippen LogP contribution in [0, 0.1) is 6.92 Å². The van der Waals surface area contributed by atoms with E-state index in [4.69, 9.17) is 23.2 Å². The standard InChI is InChI=1S/C25H27Cl2N5OS/c1-16-8-10-18(11-9-16)24-30-31-25(32(24)20-6-4-3-5-7-20)34-15-23(33)29-28-17(2)21-13-12-19(26)14-22(21)27/h8-14,20H,3-7,15H2,1-2H3,(H,29,33). The highest BCUT2D eigenvalue weighted by Gasteiger charge is 2.24. The van der Waals surface area contributed by atoms with E-state index in [0.717, 1.165) is 34.9 Å². The Morgan fingerprint density at radius 3 is 2.56 bits per heavy atom. The lowest BCUT2D eigenvalue weighted by atomic mass is 9.95. The van der Waals surface area contributed by atoms with Crippen LogP contribution in [0.1, 0.15) is 56.2 Å². The molecule has 1 saturated carbocycles. The highest BCUT2D eigenvalue weighted by atomic mass is 35.5. The smallest absolute Gasteiger partial charge is 0.250 e. The molecule has 0 atom stereocenters. The Kier molecular flexibility index (Phi) is 8.29. The summed E-state index contributed by atoms with van der Waals surface area (Å²) < 4.78 is 2.23. The highest BCUT2D eigenvalue weighted by molar-refractivity contribution is 7.99. The predicted molar refractivity (Wildman–Crippen MR) is 140 cm³/mol. The van der Waals surface area contributed by atoms with Gasteiger partial charge in [-0.15, -0.1) is 10.2 Å². The number of halogens is 2. The molecule has 1 fully saturated rings. The minimum absolute atomic E-state index is 0.184. The van der Waals surface area contributed by atoms with E-state index in [-0.39, 0.29) is 11.7 Å². The summed E-state index contributed by atoms with van der Waals surface area (Å²) in [7, 11) is 0. The van der Waals surface area contributed by atoms with Crippen molar-refractivity contribution >= 4 is 46.6 Å². The SMILES string of the molecule is CC(=NNC(=O)CSc1nnc(-c2ccc(C)cc2)n1C1CCCCC1)c1ccc(Cl)cc1Cl. The molecule has 34 heavy (non-hydrogen) atoms. The summed E-state index contributed by atoms with van der Waals surface area (Å²) in [5, 5.41) is 15.0. The molecule has 0 bridgehead atoms. The van der Waals surface area contributed by atoms with Crippen molar-refractivity contribution in [2.24, 2.45) is 5.10 Å². The van der Waals surface area contributed by atoms with Crippen molar-refractivity contribution in [1.82, 2.24) is 20.2 Å². The van der Waals surface area contributed by atoms with Crippen LogP contribution < -0.4 is 5.43 Å². The van der Waals surface area contributed by atoms with Gasteiger partial charge in [-0.25, -0.2) is 5.43 Å². The molecular weight excluding hydrogens is 489 g/mol. The third kappa shape index (κ3) is 6.01. The molecule has 1 aliphatic carbocycles. The minimum atomic E-state index is -0.218. The van der Waals surface area contributed by atoms with E-state index < -0.39 is 0 Å². The number of nitrogens with zero attached hydrogens (tertiary/aromatic N) is 4. The van der Waals surface area contributed by atoms with Crippen molar-refractivity contribution < 1.29 is 4.79 Å². The average Bonchev–Trinajstić information content (AvgIpc) is 3.26. The number of benzene rings is 2. The molecule has 0 unspecified atom stereocenters. The molecule has 0 saturated heterocycles. The molecule has 0 spiro atoms. The van der Waals surface area contributed by atoms with Gasteiger partial charge in [-0.05, 0) is 38.8 Å². The van der Waals surface area contributed by atoms with E-state index in [0.29, 0.717) is 21.8 Å². The summed E-state index contributed by atoms with van der Waals surface area (Å²) >= 11 is 13.6. The zero-order valence-electron chi connectivity index (χ0n) is 19.2. The number of carbonyl (C=O) groups excluding carboxylic acids is 1. The zero-order valence-corrected chi connectivity index (χ0v) is 21.6. The Labute approximate surface area is 214 Å². The summed E-state index contributed by atoms with van der Waals surface area (Å²) in [6.07, 6.45) is 5.85. The Balaban J connectivity index is 1.47. The van der Waals surface area contributed by atoms with E-state index in [1.807, 2.05) is 0 Å². The Morgan fingerprint density at radius 2 is 1.85 bits per heavy atom. The number of rotatable bonds is 7. The first-order chi connectivity index (χ1) is 16.4. The fourth-order valence-electron chi connectivity index (χ4n) is 4.10. The number of aromatic nitrogens is 3. The molecule has 1 aliphatic rings. The highest BCUT2D eigenvalue weighted by Crippen LogP contribution is 2.35. The van der Waals surface area contributed by atoms with E-state index >= 15 is 0 Å². The van der Waals surface area contributed by atoms with Crippen molar-refractivity contribution in [2.45, 2.75) is 57.1 Å². The van der Waals surface area contributed by atoms with E-state index in [1.165, 1.54) is 36.6 Å². The molecule has 0 aliphatic heterocycles. The van der Waals surface area contributed by atoms with Crippen LogP contribution in [-0.4, -0.2) is 32.1 Å². The Hall–Kier alpha value is -2.35. The van der Waals surface area contributed by atoms with Gasteiger partial charge in [-0.1, -0.05) is 90.1 Å². The second-order valence-corrected chi connectivity index (χ2v) is 10.3. The lowest BCUT2D eigenvalue weighted by Crippen LogP contribution is -2.22. The summed E-state index contributed by atoms with van der Waals surface area (Å²) in [4.78, 5) is 12.5. The molecule has 4 rings (SSSR count). The average molecular weight is 516 g/mol. The van der Waals surface area contributed by atoms with Crippen LogP contribution in [0.3, 0.4) is 0 Å². The van der Waals surface area contributed by atoms with Crippen molar-refractivity contribution in [3.8, 4) is 11.4 Å². The first-order valence-corrected chi connectivity index (χ1v) is 13.1. The molecule has 6 nitrogen and oxygen atoms in total. The quantitative estimate of drug-likeness (QED) is 0.216. The number of carbonyl (C=O) groups is 1. The van der Waals surface area contributed by atoms with Crippen LogP contribution in [0.15, 0.2) is 52.7 Å². The number of amides is 1. The topological polar surface area (TPSA) is 72.2 Å². The maximum atomic E-state index is 12.5. The number of hydrogen-bond donors (Lipinski definition) is 1. The summed E-state index contributed by atoms with van der Waals surface area (Å²) in [6, 6.07) is 13.9. The number of thioether (sulfide) groups is 1. The first-order valence-electron chi connectivity index (χ1n) is 11.4. The zero-order chi connectivity index (χ0) is 24.1. The number of aryl methyl sites for hydroxylation is 1. The minimum Gasteiger partial charge on any atom is -0.299 e. The summed E-state index contributed by atoms with van der Waals surface area (Å²) in [5.74, 6) is 0.828. The van der Waals surface area contributed by atoms with Crippen molar-refractivity contribution in [3.05, 3.63) is 63.6 Å². The van der Waals surface area contributed by atoms with Gasteiger partial charge in [-0.3, -0.25) is 9.36 Å². The summed E-state index contributed by atoms with van der Waals surface area (Å²) in [6.45, 7) is 3.86. The number of hydrazone groups is 1. The van der Waals surface area contributed by atoms with Gasteiger partial charge in [0.25, 0.3) is 5.91 Å². The summed E-state index contributed by atoms with van der Waals surface area (Å²) in [5.41, 5.74) is 6.19. The van der Waals surface area contributed by atoms with Crippen LogP contribution in [0.2, 0.25) is 10.0 Å². The van der Waals surface area contributed by atoms with Gasteiger partial charge < -0.3 is 0 Å². The normalized spacial score (nSPS) is 14.9. The monoisotopic (exact) mass is 515 g/mol. The number of nitrogens with one attached hydrogen (secondary N) is 1. The van der Waals surface area contributed by atoms with Gasteiger partial charge in [0, 0.05) is 22.2 Å². The van der Waals surface area contributed by atoms with Crippen molar-refractivity contribution in [3.63, 3.8) is 0 Å². The Bertz CT molecular complexity index is 1190. The van der Waals surface area contributed by atoms with Crippen LogP contribution in [0.5, 0.6) is 0 Å². The molecular formula is C25H27Cl2N5OS. The molecule has 3 aromatic rings. The maximum Gasteiger partial charge on any atom is 0.250 e. The molecule has 1 heterocycles. The van der Waals surface area contributed by atoms with E-state index in [1.54, 1.807) is 25.1 Å². The fourth-order valence-corrected chi connectivity index (χ4v) is 5.44. The lowest BCUT2D eigenvalue weighted by Gasteiger charge is -2.25. The molecule has 9 heteroatoms. The molecule has 1 amide bonds. The van der Waals surface area contributed by atoms with E-state index in [2.05, 4.69) is 56.5 Å². The predicted octanol–water partition coefficient (Wildman–Crippen LogP) is 6.70. The van der Waals surface area contributed by atoms with Crippen LogP contribution in [-0.2, 0) is 4.79 Å². The van der Waals surface area contributed by atoms with Gasteiger partial charge in [-0.2, -0.15) is 5.10 Å². The van der Waals surface area contributed by atoms with Crippen LogP contribution >= 0.6 is 35.0 Å². The molecule has 1 N–H and O–H groups in total. The van der Waals surface area contributed by atoms with E-state index in [9.17, 15) is 4.79 Å². The van der Waals surface area contributed by atoms with Gasteiger partial charge in [0.15, 0.2) is 11.0 Å². The van der Waals surface area contributed by atoms with Gasteiger partial charge in [0.05, 0.1) is 16.5 Å². The number of hydrogen-bond acceptors (Lipinski definition) is 5. The van der Waals surface area contributed by atoms with Gasteiger partial charge in [0.1, 0.15) is 0 Å². The molecule has 178 valence electrons. The largest absolute Gasteiger partial charge is 0.299 e. The van der Waals surface area contributed by atoms with Crippen molar-refractivity contribution in [1.29, 1.82) is 0 Å². The third-order valence-electron chi connectivity index (χ3n) is 5.92. The first kappa shape index (κ1) is 24.8.